The average Bonchev–Trinajstić information content (AvgIpc) is 2.62. The fourth-order valence-electron chi connectivity index (χ4n) is 1.81. The first-order chi connectivity index (χ1) is 8.51. The van der Waals surface area contributed by atoms with E-state index in [0.717, 1.165) is 12.0 Å². The quantitative estimate of drug-likeness (QED) is 0.499. The largest absolute Gasteiger partial charge is 0.395 e. The number of nitrogens with two attached hydrogens (primary N) is 3. The fraction of sp³-hybridized carbons (Fsp3) is 0.250. The maximum Gasteiger partial charge on any atom is 0.165 e. The van der Waals surface area contributed by atoms with E-state index >= 15 is 0 Å². The number of anilines is 3. The Balaban J connectivity index is 2.36. The molecule has 0 amide bonds. The van der Waals surface area contributed by atoms with Crippen molar-refractivity contribution < 1.29 is 0 Å². The molecule has 18 heavy (non-hydrogen) atoms. The highest BCUT2D eigenvalue weighted by Gasteiger charge is 2.10. The van der Waals surface area contributed by atoms with Crippen LogP contribution in [0, 0.1) is 13.8 Å². The number of aryl methyl sites for hydroxylation is 2. The maximum atomic E-state index is 6.00. The van der Waals surface area contributed by atoms with Crippen LogP contribution in [0.3, 0.4) is 0 Å². The Hall–Kier alpha value is -1.79. The summed E-state index contributed by atoms with van der Waals surface area (Å²) in [4.78, 5) is 6.61. The predicted octanol–water partition coefficient (Wildman–Crippen LogP) is 1.80. The first-order valence-corrected chi connectivity index (χ1v) is 6.40. The molecule has 6 heteroatoms. The van der Waals surface area contributed by atoms with Crippen molar-refractivity contribution >= 4 is 28.7 Å². The van der Waals surface area contributed by atoms with Gasteiger partial charge in [0.05, 0.1) is 5.69 Å². The topological polar surface area (TPSA) is 103 Å². The van der Waals surface area contributed by atoms with Crippen molar-refractivity contribution in [3.8, 4) is 0 Å². The summed E-state index contributed by atoms with van der Waals surface area (Å²) in [5.74, 6) is 6.20. The van der Waals surface area contributed by atoms with Gasteiger partial charge in [0.25, 0.3) is 0 Å². The number of hydrogen-bond donors (Lipinski definition) is 4. The lowest BCUT2D eigenvalue weighted by molar-refractivity contribution is 1.18. The van der Waals surface area contributed by atoms with Gasteiger partial charge in [0, 0.05) is 16.2 Å². The third-order valence-corrected chi connectivity index (χ3v) is 4.04. The van der Waals surface area contributed by atoms with Gasteiger partial charge in [0.2, 0.25) is 0 Å². The normalized spacial score (nSPS) is 10.6. The summed E-state index contributed by atoms with van der Waals surface area (Å²) in [6.45, 7) is 4.22. The van der Waals surface area contributed by atoms with Gasteiger partial charge in [-0.15, -0.1) is 11.3 Å². The minimum absolute atomic E-state index is 0.414. The highest BCUT2D eigenvalue weighted by Crippen LogP contribution is 2.28. The molecular weight excluding hydrogens is 246 g/mol. The summed E-state index contributed by atoms with van der Waals surface area (Å²) >= 11 is 1.77. The lowest BCUT2D eigenvalue weighted by atomic mass is 10.1. The number of pyridine rings is 1. The monoisotopic (exact) mass is 263 g/mol. The molecule has 96 valence electrons. The van der Waals surface area contributed by atoms with Crippen LogP contribution in [0.15, 0.2) is 12.1 Å². The smallest absolute Gasteiger partial charge is 0.165 e. The summed E-state index contributed by atoms with van der Waals surface area (Å²) in [6.07, 6.45) is 0.743. The van der Waals surface area contributed by atoms with Crippen LogP contribution >= 0.6 is 11.3 Å². The van der Waals surface area contributed by atoms with Gasteiger partial charge in [-0.1, -0.05) is 0 Å². The van der Waals surface area contributed by atoms with Crippen LogP contribution < -0.4 is 22.7 Å². The molecule has 2 aromatic heterocycles. The maximum absolute atomic E-state index is 6.00. The van der Waals surface area contributed by atoms with Gasteiger partial charge in [0.15, 0.2) is 5.82 Å². The summed E-state index contributed by atoms with van der Waals surface area (Å²) in [5, 5.41) is 0. The number of rotatable bonds is 3. The molecular formula is C12H17N5S. The van der Waals surface area contributed by atoms with E-state index < -0.39 is 0 Å². The second-order valence-electron chi connectivity index (χ2n) is 4.24. The molecule has 0 aliphatic carbocycles. The molecule has 5 nitrogen and oxygen atoms in total. The van der Waals surface area contributed by atoms with Crippen molar-refractivity contribution in [2.75, 3.05) is 16.9 Å². The number of thiophene rings is 1. The molecule has 2 rings (SSSR count). The SMILES string of the molecule is Cc1cc(Cc2cc(N)nc(NN)c2N)sc1C. The molecule has 0 atom stereocenters. The Morgan fingerprint density at radius 3 is 2.56 bits per heavy atom. The zero-order chi connectivity index (χ0) is 13.3. The Labute approximate surface area is 110 Å². The second kappa shape index (κ2) is 4.83. The number of aromatic nitrogens is 1. The molecule has 0 saturated carbocycles. The van der Waals surface area contributed by atoms with Gasteiger partial charge >= 0.3 is 0 Å². The Bertz CT molecular complexity index is 557. The van der Waals surface area contributed by atoms with Gasteiger partial charge in [-0.25, -0.2) is 10.8 Å². The fourth-order valence-corrected chi connectivity index (χ4v) is 2.89. The number of hydrogen-bond acceptors (Lipinski definition) is 6. The van der Waals surface area contributed by atoms with Crippen molar-refractivity contribution in [1.29, 1.82) is 0 Å². The van der Waals surface area contributed by atoms with Gasteiger partial charge in [-0.05, 0) is 37.1 Å². The van der Waals surface area contributed by atoms with Crippen molar-refractivity contribution in [1.82, 2.24) is 4.98 Å². The van der Waals surface area contributed by atoms with E-state index in [4.69, 9.17) is 17.3 Å². The van der Waals surface area contributed by atoms with Crippen LogP contribution in [0.1, 0.15) is 20.9 Å². The minimum atomic E-state index is 0.414. The molecule has 0 aliphatic rings. The van der Waals surface area contributed by atoms with E-state index in [1.807, 2.05) is 0 Å². The van der Waals surface area contributed by atoms with E-state index in [0.29, 0.717) is 17.3 Å². The van der Waals surface area contributed by atoms with Crippen LogP contribution in [0.2, 0.25) is 0 Å². The van der Waals surface area contributed by atoms with Crippen LogP contribution in [0.4, 0.5) is 17.3 Å². The Morgan fingerprint density at radius 1 is 1.28 bits per heavy atom. The molecule has 7 N–H and O–H groups in total. The van der Waals surface area contributed by atoms with Gasteiger partial charge < -0.3 is 16.9 Å². The van der Waals surface area contributed by atoms with Gasteiger partial charge in [0.1, 0.15) is 5.82 Å². The second-order valence-corrected chi connectivity index (χ2v) is 5.58. The first-order valence-electron chi connectivity index (χ1n) is 5.58. The molecule has 0 aromatic carbocycles. The Kier molecular flexibility index (Phi) is 3.40. The highest BCUT2D eigenvalue weighted by atomic mass is 32.1. The standard InChI is InChI=1S/C12H17N5S/c1-6-3-9(18-7(6)2)4-8-5-10(13)16-12(17-15)11(8)14/h3,5H,4,14-15H2,1-2H3,(H3,13,16,17). The zero-order valence-corrected chi connectivity index (χ0v) is 11.3. The van der Waals surface area contributed by atoms with Gasteiger partial charge in [-0.3, -0.25) is 0 Å². The molecule has 0 saturated heterocycles. The molecule has 0 spiro atoms. The summed E-state index contributed by atoms with van der Waals surface area (Å²) in [6, 6.07) is 3.96. The van der Waals surface area contributed by atoms with E-state index in [9.17, 15) is 0 Å². The third-order valence-electron chi connectivity index (χ3n) is 2.88. The van der Waals surface area contributed by atoms with E-state index in [-0.39, 0.29) is 0 Å². The lowest BCUT2D eigenvalue weighted by Gasteiger charge is -2.10. The molecule has 0 fully saturated rings. The Morgan fingerprint density at radius 2 is 2.00 bits per heavy atom. The van der Waals surface area contributed by atoms with Crippen molar-refractivity contribution in [3.05, 3.63) is 33.0 Å². The average molecular weight is 263 g/mol. The van der Waals surface area contributed by atoms with E-state index in [1.165, 1.54) is 15.3 Å². The number of nitrogen functional groups attached to an aromatic ring is 3. The highest BCUT2D eigenvalue weighted by molar-refractivity contribution is 7.12. The third kappa shape index (κ3) is 2.39. The molecule has 0 unspecified atom stereocenters. The first kappa shape index (κ1) is 12.7. The molecule has 2 aromatic rings. The molecule has 0 aliphatic heterocycles. The predicted molar refractivity (Wildman–Crippen MR) is 77.5 cm³/mol. The lowest BCUT2D eigenvalue weighted by Crippen LogP contribution is -2.13. The van der Waals surface area contributed by atoms with Crippen LogP contribution in [0.25, 0.3) is 0 Å². The summed E-state index contributed by atoms with van der Waals surface area (Å²) in [5.41, 5.74) is 17.0. The molecule has 2 heterocycles. The van der Waals surface area contributed by atoms with Crippen molar-refractivity contribution in [2.45, 2.75) is 20.3 Å². The van der Waals surface area contributed by atoms with Crippen LogP contribution in [-0.4, -0.2) is 4.98 Å². The van der Waals surface area contributed by atoms with E-state index in [2.05, 4.69) is 30.3 Å². The van der Waals surface area contributed by atoms with E-state index in [1.54, 1.807) is 17.4 Å². The molecule has 0 bridgehead atoms. The zero-order valence-electron chi connectivity index (χ0n) is 10.4. The number of nitrogens with zero attached hydrogens (tertiary/aromatic N) is 1. The number of nitrogens with one attached hydrogen (secondary N) is 1. The molecule has 0 radical (unpaired) electrons. The number of hydrazine groups is 1. The minimum Gasteiger partial charge on any atom is -0.395 e. The van der Waals surface area contributed by atoms with Crippen molar-refractivity contribution in [3.63, 3.8) is 0 Å². The van der Waals surface area contributed by atoms with Crippen LogP contribution in [-0.2, 0) is 6.42 Å². The van der Waals surface area contributed by atoms with Gasteiger partial charge in [-0.2, -0.15) is 0 Å². The van der Waals surface area contributed by atoms with Crippen LogP contribution in [0.5, 0.6) is 0 Å². The summed E-state index contributed by atoms with van der Waals surface area (Å²) in [7, 11) is 0. The van der Waals surface area contributed by atoms with Crippen molar-refractivity contribution in [2.24, 2.45) is 5.84 Å². The summed E-state index contributed by atoms with van der Waals surface area (Å²) < 4.78 is 0.